The molecule has 0 bridgehead atoms. The fraction of sp³-hybridized carbons (Fsp3) is 0.533. The van der Waals surface area contributed by atoms with E-state index >= 15 is 0 Å². The van der Waals surface area contributed by atoms with Gasteiger partial charge in [-0.1, -0.05) is 13.5 Å². The van der Waals surface area contributed by atoms with E-state index in [0.717, 1.165) is 35.7 Å². The van der Waals surface area contributed by atoms with Crippen LogP contribution in [-0.4, -0.2) is 31.9 Å². The molecule has 0 radical (unpaired) electrons. The number of pyridine rings is 1. The normalized spacial score (nSPS) is 10.5. The molecule has 0 spiro atoms. The molecule has 106 valence electrons. The lowest BCUT2D eigenvalue weighted by molar-refractivity contribution is 0.199. The summed E-state index contributed by atoms with van der Waals surface area (Å²) in [5.74, 6) is 0.824. The minimum Gasteiger partial charge on any atom is -0.487 e. The van der Waals surface area contributed by atoms with E-state index < -0.39 is 0 Å². The van der Waals surface area contributed by atoms with Gasteiger partial charge in [0.05, 0.1) is 12.3 Å². The Morgan fingerprint density at radius 3 is 2.89 bits per heavy atom. The lowest BCUT2D eigenvalue weighted by atomic mass is 10.2. The predicted molar refractivity (Wildman–Crippen MR) is 77.5 cm³/mol. The van der Waals surface area contributed by atoms with E-state index in [1.54, 1.807) is 7.11 Å². The van der Waals surface area contributed by atoms with Gasteiger partial charge in [-0.2, -0.15) is 0 Å². The van der Waals surface area contributed by atoms with E-state index in [2.05, 4.69) is 23.8 Å². The number of aromatic nitrogens is 1. The molecule has 0 saturated heterocycles. The van der Waals surface area contributed by atoms with E-state index in [-0.39, 0.29) is 0 Å². The quantitative estimate of drug-likeness (QED) is 0.549. The first-order valence-electron chi connectivity index (χ1n) is 6.63. The monoisotopic (exact) mass is 264 g/mol. The molecule has 0 aliphatic heterocycles. The van der Waals surface area contributed by atoms with Gasteiger partial charge in [0, 0.05) is 25.9 Å². The number of nitrogens with one attached hydrogen (secondary N) is 1. The zero-order chi connectivity index (χ0) is 14.1. The third-order valence-corrected chi connectivity index (χ3v) is 2.78. The summed E-state index contributed by atoms with van der Waals surface area (Å²) >= 11 is 0. The SMILES string of the molecule is C=C(CC)COc1ccc(C)nc1CNCCOC. The van der Waals surface area contributed by atoms with Crippen LogP contribution in [0.1, 0.15) is 24.7 Å². The Bertz CT molecular complexity index is 405. The topological polar surface area (TPSA) is 43.4 Å². The second-order valence-corrected chi connectivity index (χ2v) is 4.46. The molecule has 1 aromatic rings. The van der Waals surface area contributed by atoms with Crippen LogP contribution in [0.2, 0.25) is 0 Å². The van der Waals surface area contributed by atoms with Gasteiger partial charge in [-0.25, -0.2) is 0 Å². The van der Waals surface area contributed by atoms with Crippen molar-refractivity contribution in [3.63, 3.8) is 0 Å². The van der Waals surface area contributed by atoms with Crippen LogP contribution in [0.4, 0.5) is 0 Å². The summed E-state index contributed by atoms with van der Waals surface area (Å²) in [6.45, 7) is 10.7. The molecule has 0 aliphatic rings. The number of rotatable bonds is 9. The summed E-state index contributed by atoms with van der Waals surface area (Å²) in [7, 11) is 1.69. The van der Waals surface area contributed by atoms with E-state index in [1.165, 1.54) is 0 Å². The molecule has 1 heterocycles. The molecule has 1 aromatic heterocycles. The Kier molecular flexibility index (Phi) is 7.15. The summed E-state index contributed by atoms with van der Waals surface area (Å²) in [6.07, 6.45) is 0.931. The third-order valence-electron chi connectivity index (χ3n) is 2.78. The Morgan fingerprint density at radius 1 is 1.42 bits per heavy atom. The minimum absolute atomic E-state index is 0.548. The molecular weight excluding hydrogens is 240 g/mol. The maximum absolute atomic E-state index is 5.77. The average molecular weight is 264 g/mol. The van der Waals surface area contributed by atoms with Gasteiger partial charge in [0.15, 0.2) is 0 Å². The highest BCUT2D eigenvalue weighted by Crippen LogP contribution is 2.17. The molecule has 19 heavy (non-hydrogen) atoms. The number of nitrogens with zero attached hydrogens (tertiary/aromatic N) is 1. The number of hydrogen-bond donors (Lipinski definition) is 1. The van der Waals surface area contributed by atoms with Crippen molar-refractivity contribution in [2.75, 3.05) is 26.9 Å². The van der Waals surface area contributed by atoms with Crippen molar-refractivity contribution in [1.29, 1.82) is 0 Å². The Hall–Kier alpha value is -1.39. The average Bonchev–Trinajstić information content (AvgIpc) is 2.42. The molecule has 0 aromatic carbocycles. The van der Waals surface area contributed by atoms with Gasteiger partial charge in [-0.15, -0.1) is 0 Å². The molecular formula is C15H24N2O2. The first-order chi connectivity index (χ1) is 9.17. The Balaban J connectivity index is 2.60. The van der Waals surface area contributed by atoms with Crippen molar-refractivity contribution in [2.45, 2.75) is 26.8 Å². The highest BCUT2D eigenvalue weighted by molar-refractivity contribution is 5.29. The van der Waals surface area contributed by atoms with Crippen LogP contribution in [0, 0.1) is 6.92 Å². The third kappa shape index (κ3) is 5.85. The van der Waals surface area contributed by atoms with Gasteiger partial charge in [0.1, 0.15) is 12.4 Å². The van der Waals surface area contributed by atoms with Crippen LogP contribution in [0.15, 0.2) is 24.3 Å². The largest absolute Gasteiger partial charge is 0.487 e. The van der Waals surface area contributed by atoms with Gasteiger partial charge in [0.25, 0.3) is 0 Å². The van der Waals surface area contributed by atoms with Crippen molar-refractivity contribution < 1.29 is 9.47 Å². The van der Waals surface area contributed by atoms with Gasteiger partial charge in [-0.05, 0) is 31.1 Å². The molecule has 0 saturated carbocycles. The van der Waals surface area contributed by atoms with Crippen molar-refractivity contribution >= 4 is 0 Å². The number of ether oxygens (including phenoxy) is 2. The molecule has 4 heteroatoms. The van der Waals surface area contributed by atoms with Crippen molar-refractivity contribution in [2.24, 2.45) is 0 Å². The molecule has 0 unspecified atom stereocenters. The Labute approximate surface area is 115 Å². The molecule has 4 nitrogen and oxygen atoms in total. The van der Waals surface area contributed by atoms with Crippen LogP contribution >= 0.6 is 0 Å². The summed E-state index contributed by atoms with van der Waals surface area (Å²) in [5.41, 5.74) is 3.00. The summed E-state index contributed by atoms with van der Waals surface area (Å²) in [4.78, 5) is 4.52. The fourth-order valence-electron chi connectivity index (χ4n) is 1.52. The standard InChI is InChI=1S/C15H24N2O2/c1-5-12(2)11-19-15-7-6-13(3)17-14(15)10-16-8-9-18-4/h6-7,16H,2,5,8-11H2,1,3-4H3. The van der Waals surface area contributed by atoms with Gasteiger partial charge in [-0.3, -0.25) is 4.98 Å². The van der Waals surface area contributed by atoms with Crippen LogP contribution < -0.4 is 10.1 Å². The molecule has 1 N–H and O–H groups in total. The van der Waals surface area contributed by atoms with Crippen molar-refractivity contribution in [1.82, 2.24) is 10.3 Å². The van der Waals surface area contributed by atoms with Crippen LogP contribution in [0.25, 0.3) is 0 Å². The first kappa shape index (κ1) is 15.7. The van der Waals surface area contributed by atoms with Gasteiger partial charge in [0.2, 0.25) is 0 Å². The first-order valence-corrected chi connectivity index (χ1v) is 6.63. The second-order valence-electron chi connectivity index (χ2n) is 4.46. The molecule has 1 rings (SSSR count). The van der Waals surface area contributed by atoms with Crippen LogP contribution in [0.5, 0.6) is 5.75 Å². The number of aryl methyl sites for hydroxylation is 1. The summed E-state index contributed by atoms with van der Waals surface area (Å²) in [6, 6.07) is 3.93. The minimum atomic E-state index is 0.548. The van der Waals surface area contributed by atoms with Crippen LogP contribution in [0.3, 0.4) is 0 Å². The van der Waals surface area contributed by atoms with E-state index in [9.17, 15) is 0 Å². The molecule has 0 aliphatic carbocycles. The highest BCUT2D eigenvalue weighted by Gasteiger charge is 2.06. The second kappa shape index (κ2) is 8.67. The maximum atomic E-state index is 5.77. The van der Waals surface area contributed by atoms with E-state index in [1.807, 2.05) is 19.1 Å². The summed E-state index contributed by atoms with van der Waals surface area (Å²) < 4.78 is 10.8. The lowest BCUT2D eigenvalue weighted by Gasteiger charge is -2.12. The van der Waals surface area contributed by atoms with Gasteiger partial charge >= 0.3 is 0 Å². The molecule has 0 amide bonds. The predicted octanol–water partition coefficient (Wildman–Crippen LogP) is 2.47. The Morgan fingerprint density at radius 2 is 2.21 bits per heavy atom. The zero-order valence-electron chi connectivity index (χ0n) is 12.2. The molecule has 0 atom stereocenters. The number of methoxy groups -OCH3 is 1. The van der Waals surface area contributed by atoms with Crippen molar-refractivity contribution in [3.8, 4) is 5.75 Å². The maximum Gasteiger partial charge on any atom is 0.142 e. The summed E-state index contributed by atoms with van der Waals surface area (Å²) in [5, 5.41) is 3.28. The lowest BCUT2D eigenvalue weighted by Crippen LogP contribution is -2.20. The smallest absolute Gasteiger partial charge is 0.142 e. The zero-order valence-corrected chi connectivity index (χ0v) is 12.2. The molecule has 0 fully saturated rings. The van der Waals surface area contributed by atoms with Gasteiger partial charge < -0.3 is 14.8 Å². The van der Waals surface area contributed by atoms with E-state index in [4.69, 9.17) is 9.47 Å². The van der Waals surface area contributed by atoms with Crippen molar-refractivity contribution in [3.05, 3.63) is 35.7 Å². The fourth-order valence-corrected chi connectivity index (χ4v) is 1.52. The highest BCUT2D eigenvalue weighted by atomic mass is 16.5. The number of hydrogen-bond acceptors (Lipinski definition) is 4. The van der Waals surface area contributed by atoms with Crippen LogP contribution in [-0.2, 0) is 11.3 Å². The van der Waals surface area contributed by atoms with E-state index in [0.29, 0.717) is 19.8 Å².